The van der Waals surface area contributed by atoms with Crippen LogP contribution in [0.3, 0.4) is 0 Å². The largest absolute Gasteiger partial charge is 0.303 e. The summed E-state index contributed by atoms with van der Waals surface area (Å²) in [5, 5.41) is 0. The van der Waals surface area contributed by atoms with Gasteiger partial charge in [0.05, 0.1) is 4.90 Å². The Morgan fingerprint density at radius 1 is 1.26 bits per heavy atom. The van der Waals surface area contributed by atoms with Gasteiger partial charge in [0.2, 0.25) is 10.0 Å². The molecule has 1 N–H and O–H groups in total. The van der Waals surface area contributed by atoms with Gasteiger partial charge in [-0.15, -0.1) is 0 Å². The normalized spacial score (nSPS) is 12.1. The van der Waals surface area contributed by atoms with Gasteiger partial charge in [-0.25, -0.2) is 13.1 Å². The Kier molecular flexibility index (Phi) is 6.46. The molecule has 0 fully saturated rings. The van der Waals surface area contributed by atoms with E-state index >= 15 is 0 Å². The molecule has 0 saturated heterocycles. The van der Waals surface area contributed by atoms with Gasteiger partial charge in [-0.05, 0) is 37.7 Å². The van der Waals surface area contributed by atoms with E-state index in [2.05, 4.69) is 39.4 Å². The standard InChI is InChI=1S/C13H21BrN2O2S/c1-4-16(5-2)9-8-15-19(17,18)13-10-12(14)7-6-11(13)3/h6-7,10,15H,4-5,8-9H2,1-3H3. The van der Waals surface area contributed by atoms with Gasteiger partial charge >= 0.3 is 0 Å². The average Bonchev–Trinajstić information content (AvgIpc) is 2.37. The van der Waals surface area contributed by atoms with E-state index in [0.717, 1.165) is 29.7 Å². The molecule has 0 aliphatic carbocycles. The van der Waals surface area contributed by atoms with Crippen LogP contribution in [0.2, 0.25) is 0 Å². The monoisotopic (exact) mass is 348 g/mol. The van der Waals surface area contributed by atoms with Crippen LogP contribution in [0.25, 0.3) is 0 Å². The minimum atomic E-state index is -3.43. The topological polar surface area (TPSA) is 49.4 Å². The predicted octanol–water partition coefficient (Wildman–Crippen LogP) is 2.38. The molecule has 6 heteroatoms. The van der Waals surface area contributed by atoms with Crippen LogP contribution in [0, 0.1) is 6.92 Å². The molecule has 0 spiro atoms. The van der Waals surface area contributed by atoms with E-state index < -0.39 is 10.0 Å². The summed E-state index contributed by atoms with van der Waals surface area (Å²) >= 11 is 3.30. The Hall–Kier alpha value is -0.430. The molecule has 0 radical (unpaired) electrons. The fourth-order valence-electron chi connectivity index (χ4n) is 1.82. The zero-order valence-electron chi connectivity index (χ0n) is 11.6. The van der Waals surface area contributed by atoms with Crippen molar-refractivity contribution in [2.75, 3.05) is 26.2 Å². The summed E-state index contributed by atoms with van der Waals surface area (Å²) in [7, 11) is -3.43. The van der Waals surface area contributed by atoms with E-state index in [1.54, 1.807) is 19.1 Å². The summed E-state index contributed by atoms with van der Waals surface area (Å²) in [6, 6.07) is 5.27. The minimum absolute atomic E-state index is 0.335. The molecule has 4 nitrogen and oxygen atoms in total. The molecule has 0 aliphatic heterocycles. The molecule has 0 heterocycles. The Balaban J connectivity index is 2.73. The molecule has 0 saturated carbocycles. The Bertz CT molecular complexity index is 513. The van der Waals surface area contributed by atoms with Gasteiger partial charge in [0.1, 0.15) is 0 Å². The number of aryl methyl sites for hydroxylation is 1. The van der Waals surface area contributed by atoms with Gasteiger partial charge in [-0.3, -0.25) is 0 Å². The number of hydrogen-bond acceptors (Lipinski definition) is 3. The lowest BCUT2D eigenvalue weighted by Gasteiger charge is -2.18. The SMILES string of the molecule is CCN(CC)CCNS(=O)(=O)c1cc(Br)ccc1C. The smallest absolute Gasteiger partial charge is 0.240 e. The summed E-state index contributed by atoms with van der Waals surface area (Å²) in [5.74, 6) is 0. The fourth-order valence-corrected chi connectivity index (χ4v) is 3.62. The lowest BCUT2D eigenvalue weighted by Crippen LogP contribution is -2.35. The third-order valence-corrected chi connectivity index (χ3v) is 5.15. The van der Waals surface area contributed by atoms with E-state index in [-0.39, 0.29) is 0 Å². The van der Waals surface area contributed by atoms with E-state index in [9.17, 15) is 8.42 Å². The van der Waals surface area contributed by atoms with Crippen molar-refractivity contribution in [3.63, 3.8) is 0 Å². The first-order valence-electron chi connectivity index (χ1n) is 6.39. The van der Waals surface area contributed by atoms with Crippen molar-refractivity contribution in [1.29, 1.82) is 0 Å². The highest BCUT2D eigenvalue weighted by atomic mass is 79.9. The van der Waals surface area contributed by atoms with Crippen molar-refractivity contribution in [2.45, 2.75) is 25.7 Å². The van der Waals surface area contributed by atoms with Crippen molar-refractivity contribution in [2.24, 2.45) is 0 Å². The highest BCUT2D eigenvalue weighted by Crippen LogP contribution is 2.20. The van der Waals surface area contributed by atoms with E-state index in [0.29, 0.717) is 11.4 Å². The fraction of sp³-hybridized carbons (Fsp3) is 0.538. The maximum atomic E-state index is 12.2. The highest BCUT2D eigenvalue weighted by Gasteiger charge is 2.16. The van der Waals surface area contributed by atoms with Crippen LogP contribution < -0.4 is 4.72 Å². The van der Waals surface area contributed by atoms with Crippen LogP contribution in [0.1, 0.15) is 19.4 Å². The van der Waals surface area contributed by atoms with Crippen molar-refractivity contribution >= 4 is 26.0 Å². The molecule has 0 atom stereocenters. The van der Waals surface area contributed by atoms with Gasteiger partial charge in [0, 0.05) is 17.6 Å². The Labute approximate surface area is 124 Å². The van der Waals surface area contributed by atoms with Crippen LogP contribution >= 0.6 is 15.9 Å². The number of hydrogen-bond donors (Lipinski definition) is 1. The molecule has 0 bridgehead atoms. The van der Waals surface area contributed by atoms with Gasteiger partial charge in [0.25, 0.3) is 0 Å². The second-order valence-electron chi connectivity index (χ2n) is 4.33. The molecule has 0 aromatic heterocycles. The van der Waals surface area contributed by atoms with Crippen molar-refractivity contribution in [1.82, 2.24) is 9.62 Å². The van der Waals surface area contributed by atoms with Crippen molar-refractivity contribution in [3.8, 4) is 0 Å². The third-order valence-electron chi connectivity index (χ3n) is 3.05. The number of benzene rings is 1. The molecule has 108 valence electrons. The van der Waals surface area contributed by atoms with E-state index in [1.807, 2.05) is 6.07 Å². The maximum absolute atomic E-state index is 12.2. The summed E-state index contributed by atoms with van der Waals surface area (Å²) in [5.41, 5.74) is 0.749. The summed E-state index contributed by atoms with van der Waals surface area (Å²) in [6.45, 7) is 8.93. The minimum Gasteiger partial charge on any atom is -0.303 e. The van der Waals surface area contributed by atoms with Crippen LogP contribution in [-0.4, -0.2) is 39.5 Å². The zero-order valence-corrected chi connectivity index (χ0v) is 14.0. The molecule has 1 aromatic rings. The third kappa shape index (κ3) is 4.87. The van der Waals surface area contributed by atoms with Crippen molar-refractivity contribution in [3.05, 3.63) is 28.2 Å². The summed E-state index contributed by atoms with van der Waals surface area (Å²) in [4.78, 5) is 2.51. The Morgan fingerprint density at radius 3 is 2.47 bits per heavy atom. The molecule has 0 aliphatic rings. The first-order chi connectivity index (χ1) is 8.90. The lowest BCUT2D eigenvalue weighted by atomic mass is 10.2. The molecule has 1 aromatic carbocycles. The Morgan fingerprint density at radius 2 is 1.89 bits per heavy atom. The molecular formula is C13H21BrN2O2S. The van der Waals surface area contributed by atoms with Crippen molar-refractivity contribution < 1.29 is 8.42 Å². The second kappa shape index (κ2) is 7.38. The first kappa shape index (κ1) is 16.6. The molecule has 0 unspecified atom stereocenters. The number of likely N-dealkylation sites (N-methyl/N-ethyl adjacent to an activating group) is 1. The van der Waals surface area contributed by atoms with Crippen LogP contribution in [0.5, 0.6) is 0 Å². The van der Waals surface area contributed by atoms with E-state index in [1.165, 1.54) is 0 Å². The maximum Gasteiger partial charge on any atom is 0.240 e. The number of halogens is 1. The number of rotatable bonds is 7. The van der Waals surface area contributed by atoms with Gasteiger partial charge in [-0.2, -0.15) is 0 Å². The molecule has 1 rings (SSSR count). The van der Waals surface area contributed by atoms with Crippen LogP contribution in [0.4, 0.5) is 0 Å². The molecule has 19 heavy (non-hydrogen) atoms. The number of nitrogens with zero attached hydrogens (tertiary/aromatic N) is 1. The van der Waals surface area contributed by atoms with E-state index in [4.69, 9.17) is 0 Å². The predicted molar refractivity (Wildman–Crippen MR) is 81.9 cm³/mol. The number of nitrogens with one attached hydrogen (secondary N) is 1. The molecule has 0 amide bonds. The van der Waals surface area contributed by atoms with Crippen LogP contribution in [-0.2, 0) is 10.0 Å². The van der Waals surface area contributed by atoms with Gasteiger partial charge < -0.3 is 4.90 Å². The zero-order chi connectivity index (χ0) is 14.5. The first-order valence-corrected chi connectivity index (χ1v) is 8.66. The lowest BCUT2D eigenvalue weighted by molar-refractivity contribution is 0.309. The van der Waals surface area contributed by atoms with Gasteiger partial charge in [-0.1, -0.05) is 35.8 Å². The second-order valence-corrected chi connectivity index (χ2v) is 6.99. The quantitative estimate of drug-likeness (QED) is 0.822. The highest BCUT2D eigenvalue weighted by molar-refractivity contribution is 9.10. The summed E-state index contributed by atoms with van der Waals surface area (Å²) < 4.78 is 27.8. The van der Waals surface area contributed by atoms with Gasteiger partial charge in [0.15, 0.2) is 0 Å². The number of sulfonamides is 1. The molecular weight excluding hydrogens is 328 g/mol. The summed E-state index contributed by atoms with van der Waals surface area (Å²) in [6.07, 6.45) is 0. The average molecular weight is 349 g/mol. The van der Waals surface area contributed by atoms with Crippen LogP contribution in [0.15, 0.2) is 27.6 Å².